The van der Waals surface area contributed by atoms with E-state index in [1.807, 2.05) is 20.8 Å². The second-order valence-corrected chi connectivity index (χ2v) is 11.8. The Morgan fingerprint density at radius 1 is 0.640 bits per heavy atom. The summed E-state index contributed by atoms with van der Waals surface area (Å²) in [6.45, 7) is 25.8. The average molecular weight is 356 g/mol. The maximum atomic E-state index is 11.5. The highest BCUT2D eigenvalue weighted by Crippen LogP contribution is 2.26. The summed E-state index contributed by atoms with van der Waals surface area (Å²) in [5.41, 5.74) is 0.346. The van der Waals surface area contributed by atoms with Gasteiger partial charge in [0.05, 0.1) is 0 Å². The molecule has 0 aliphatic heterocycles. The second-order valence-electron chi connectivity index (χ2n) is 11.8. The summed E-state index contributed by atoms with van der Waals surface area (Å²) in [6, 6.07) is 0. The lowest BCUT2D eigenvalue weighted by Gasteiger charge is -2.23. The Kier molecular flexibility index (Phi) is 10.3. The molecule has 0 aliphatic rings. The van der Waals surface area contributed by atoms with Crippen molar-refractivity contribution in [1.82, 2.24) is 5.32 Å². The third-order valence-electron chi connectivity index (χ3n) is 3.42. The molecule has 0 saturated carbocycles. The van der Waals surface area contributed by atoms with E-state index in [9.17, 15) is 9.59 Å². The first-order valence-electron chi connectivity index (χ1n) is 9.53. The molecule has 0 fully saturated rings. The number of nitrogens with one attached hydrogen (secondary N) is 1. The van der Waals surface area contributed by atoms with Crippen molar-refractivity contribution in [3.63, 3.8) is 0 Å². The molecule has 1 amide bonds. The number of ketones is 1. The van der Waals surface area contributed by atoms with E-state index < -0.39 is 0 Å². The Morgan fingerprint density at radius 2 is 1.04 bits per heavy atom. The first-order valence-corrected chi connectivity index (χ1v) is 9.53. The molecular formula is C22H45NO2. The Hall–Kier alpha value is -0.860. The predicted octanol–water partition coefficient (Wildman–Crippen LogP) is 6.01. The third kappa shape index (κ3) is 21.1. The molecule has 0 heterocycles. The standard InChI is InChI=1S/C12H25NO.C10H20O/c1-11(2,3)7-8-13-10(14)9-12(4,5)6;1-9(2,3)7-8(11)10(4,5)6/h7-9H2,1-6H3,(H,13,14);7H2,1-6H3. The van der Waals surface area contributed by atoms with Crippen molar-refractivity contribution in [3.05, 3.63) is 0 Å². The van der Waals surface area contributed by atoms with E-state index in [1.165, 1.54) is 0 Å². The monoisotopic (exact) mass is 355 g/mol. The van der Waals surface area contributed by atoms with Crippen LogP contribution >= 0.6 is 0 Å². The summed E-state index contributed by atoms with van der Waals surface area (Å²) in [5.74, 6) is 0.520. The summed E-state index contributed by atoms with van der Waals surface area (Å²) in [6.07, 6.45) is 2.32. The number of Topliss-reactive ketones (excluding diaryl/α,β-unsaturated/α-hetero) is 1. The van der Waals surface area contributed by atoms with Crippen LogP contribution in [0.4, 0.5) is 0 Å². The summed E-state index contributed by atoms with van der Waals surface area (Å²) in [7, 11) is 0. The fourth-order valence-electron chi connectivity index (χ4n) is 1.87. The zero-order valence-corrected chi connectivity index (χ0v) is 19.1. The molecular weight excluding hydrogens is 310 g/mol. The van der Waals surface area contributed by atoms with Crippen molar-refractivity contribution < 1.29 is 9.59 Å². The molecule has 0 bridgehead atoms. The van der Waals surface area contributed by atoms with Crippen LogP contribution in [0.15, 0.2) is 0 Å². The molecule has 0 aliphatic carbocycles. The minimum absolute atomic E-state index is 0.0891. The second kappa shape index (κ2) is 9.73. The average Bonchev–Trinajstić information content (AvgIpc) is 2.21. The van der Waals surface area contributed by atoms with Crippen LogP contribution < -0.4 is 5.32 Å². The molecule has 1 N–H and O–H groups in total. The van der Waals surface area contributed by atoms with Crippen LogP contribution in [0.5, 0.6) is 0 Å². The molecule has 0 spiro atoms. The van der Waals surface area contributed by atoms with Crippen LogP contribution in [0.1, 0.15) is 102 Å². The van der Waals surface area contributed by atoms with Gasteiger partial charge in [0.2, 0.25) is 5.91 Å². The lowest BCUT2D eigenvalue weighted by molar-refractivity contribution is -0.128. The van der Waals surface area contributed by atoms with Gasteiger partial charge in [-0.3, -0.25) is 9.59 Å². The molecule has 0 aromatic heterocycles. The van der Waals surface area contributed by atoms with Gasteiger partial charge < -0.3 is 5.32 Å². The van der Waals surface area contributed by atoms with Crippen molar-refractivity contribution in [2.75, 3.05) is 6.54 Å². The number of hydrogen-bond donors (Lipinski definition) is 1. The van der Waals surface area contributed by atoms with Crippen molar-refractivity contribution in [3.8, 4) is 0 Å². The quantitative estimate of drug-likeness (QED) is 0.671. The number of amides is 1. The molecule has 0 aromatic rings. The highest BCUT2D eigenvalue weighted by Gasteiger charge is 2.25. The van der Waals surface area contributed by atoms with Gasteiger partial charge in [0, 0.05) is 24.8 Å². The summed E-state index contributed by atoms with van der Waals surface area (Å²) in [5, 5.41) is 2.96. The van der Waals surface area contributed by atoms with Gasteiger partial charge in [0.15, 0.2) is 0 Å². The molecule has 0 saturated heterocycles. The van der Waals surface area contributed by atoms with Crippen molar-refractivity contribution in [2.45, 2.75) is 102 Å². The van der Waals surface area contributed by atoms with Crippen LogP contribution in [-0.2, 0) is 9.59 Å². The lowest BCUT2D eigenvalue weighted by Crippen LogP contribution is -2.30. The van der Waals surface area contributed by atoms with Crippen molar-refractivity contribution in [2.24, 2.45) is 21.7 Å². The lowest BCUT2D eigenvalue weighted by atomic mass is 9.80. The Balaban J connectivity index is 0. The van der Waals surface area contributed by atoms with E-state index in [0.717, 1.165) is 13.0 Å². The van der Waals surface area contributed by atoms with Crippen LogP contribution in [0, 0.1) is 21.7 Å². The fourth-order valence-corrected chi connectivity index (χ4v) is 1.87. The molecule has 0 radical (unpaired) electrons. The molecule has 0 rings (SSSR count). The van der Waals surface area contributed by atoms with Gasteiger partial charge in [-0.25, -0.2) is 0 Å². The summed E-state index contributed by atoms with van der Waals surface area (Å²) >= 11 is 0. The Bertz CT molecular complexity index is 409. The van der Waals surface area contributed by atoms with Crippen LogP contribution in [-0.4, -0.2) is 18.2 Å². The Labute approximate surface area is 157 Å². The van der Waals surface area contributed by atoms with Crippen LogP contribution in [0.2, 0.25) is 0 Å². The Morgan fingerprint density at radius 3 is 1.28 bits per heavy atom. The molecule has 25 heavy (non-hydrogen) atoms. The van der Waals surface area contributed by atoms with E-state index in [1.54, 1.807) is 0 Å². The number of hydrogen-bond acceptors (Lipinski definition) is 2. The van der Waals surface area contributed by atoms with Crippen molar-refractivity contribution in [1.29, 1.82) is 0 Å². The molecule has 3 nitrogen and oxygen atoms in total. The van der Waals surface area contributed by atoms with Gasteiger partial charge in [-0.2, -0.15) is 0 Å². The topological polar surface area (TPSA) is 46.2 Å². The minimum Gasteiger partial charge on any atom is -0.356 e. The van der Waals surface area contributed by atoms with E-state index in [0.29, 0.717) is 24.0 Å². The smallest absolute Gasteiger partial charge is 0.220 e. The van der Waals surface area contributed by atoms with E-state index in [4.69, 9.17) is 0 Å². The highest BCUT2D eigenvalue weighted by atomic mass is 16.1. The molecule has 150 valence electrons. The third-order valence-corrected chi connectivity index (χ3v) is 3.42. The molecule has 0 atom stereocenters. The first kappa shape index (κ1) is 26.4. The van der Waals surface area contributed by atoms with Gasteiger partial charge in [-0.15, -0.1) is 0 Å². The van der Waals surface area contributed by atoms with Gasteiger partial charge >= 0.3 is 0 Å². The fraction of sp³-hybridized carbons (Fsp3) is 0.909. The highest BCUT2D eigenvalue weighted by molar-refractivity contribution is 5.84. The van der Waals surface area contributed by atoms with Crippen molar-refractivity contribution >= 4 is 11.7 Å². The van der Waals surface area contributed by atoms with Crippen LogP contribution in [0.25, 0.3) is 0 Å². The molecule has 0 unspecified atom stereocenters. The summed E-state index contributed by atoms with van der Waals surface area (Å²) in [4.78, 5) is 22.9. The molecule has 0 aromatic carbocycles. The first-order chi connectivity index (χ1) is 10.7. The van der Waals surface area contributed by atoms with Gasteiger partial charge in [-0.1, -0.05) is 83.1 Å². The largest absolute Gasteiger partial charge is 0.356 e. The normalized spacial score (nSPS) is 13.0. The number of carbonyl (C=O) groups is 2. The number of carbonyl (C=O) groups excluding carboxylic acids is 2. The van der Waals surface area contributed by atoms with E-state index >= 15 is 0 Å². The van der Waals surface area contributed by atoms with Gasteiger partial charge in [-0.05, 0) is 22.7 Å². The predicted molar refractivity (Wildman–Crippen MR) is 110 cm³/mol. The molecule has 3 heteroatoms. The maximum absolute atomic E-state index is 11.5. The minimum atomic E-state index is -0.173. The number of rotatable bonds is 4. The van der Waals surface area contributed by atoms with E-state index in [-0.39, 0.29) is 22.2 Å². The SMILES string of the molecule is CC(C)(C)CC(=O)C(C)(C)C.CC(C)(C)CCNC(=O)CC(C)(C)C. The zero-order chi connectivity index (χ0) is 20.7. The summed E-state index contributed by atoms with van der Waals surface area (Å²) < 4.78 is 0. The maximum Gasteiger partial charge on any atom is 0.220 e. The van der Waals surface area contributed by atoms with Gasteiger partial charge in [0.25, 0.3) is 0 Å². The van der Waals surface area contributed by atoms with E-state index in [2.05, 4.69) is 67.6 Å². The van der Waals surface area contributed by atoms with Crippen LogP contribution in [0.3, 0.4) is 0 Å². The van der Waals surface area contributed by atoms with Gasteiger partial charge in [0.1, 0.15) is 5.78 Å². The zero-order valence-electron chi connectivity index (χ0n) is 19.1.